The number of ether oxygens (including phenoxy) is 1. The number of aryl methyl sites for hydroxylation is 1. The summed E-state index contributed by atoms with van der Waals surface area (Å²) in [6, 6.07) is 11.3. The molecule has 0 saturated carbocycles. The van der Waals surface area contributed by atoms with E-state index in [1.165, 1.54) is 6.20 Å². The Balaban J connectivity index is 1.72. The number of hydrogen-bond acceptors (Lipinski definition) is 4. The molecule has 2 aromatic rings. The quantitative estimate of drug-likeness (QED) is 0.797. The molecular weight excluding hydrogens is 266 g/mol. The number of para-hydroxylation sites is 1. The van der Waals surface area contributed by atoms with Gasteiger partial charge in [-0.25, -0.2) is 0 Å². The molecule has 1 heterocycles. The number of nitrogens with one attached hydrogen (secondary N) is 1. The molecule has 110 valence electrons. The Labute approximate surface area is 124 Å². The molecule has 0 fully saturated rings. The second-order valence-electron chi connectivity index (χ2n) is 4.68. The summed E-state index contributed by atoms with van der Waals surface area (Å²) in [5, 5.41) is 2.81. The molecule has 0 aliphatic heterocycles. The smallest absolute Gasteiger partial charge is 0.254 e. The highest BCUT2D eigenvalue weighted by Gasteiger charge is 2.09. The van der Waals surface area contributed by atoms with E-state index in [9.17, 15) is 4.79 Å². The van der Waals surface area contributed by atoms with Gasteiger partial charge in [0.05, 0.1) is 12.2 Å². The lowest BCUT2D eigenvalue weighted by atomic mass is 10.2. The van der Waals surface area contributed by atoms with Crippen LogP contribution in [0, 0.1) is 6.92 Å². The van der Waals surface area contributed by atoms with Crippen LogP contribution in [-0.2, 0) is 0 Å². The van der Waals surface area contributed by atoms with E-state index < -0.39 is 0 Å². The Bertz CT molecular complexity index is 600. The monoisotopic (exact) mass is 285 g/mol. The maximum atomic E-state index is 11.9. The van der Waals surface area contributed by atoms with Crippen LogP contribution in [-0.4, -0.2) is 24.0 Å². The van der Waals surface area contributed by atoms with Crippen LogP contribution >= 0.6 is 0 Å². The molecule has 0 aliphatic rings. The first-order chi connectivity index (χ1) is 10.2. The average Bonchev–Trinajstić information content (AvgIpc) is 2.47. The van der Waals surface area contributed by atoms with Gasteiger partial charge >= 0.3 is 0 Å². The number of pyridine rings is 1. The van der Waals surface area contributed by atoms with Crippen molar-refractivity contribution in [2.75, 3.05) is 18.9 Å². The van der Waals surface area contributed by atoms with Crippen LogP contribution in [0.2, 0.25) is 0 Å². The predicted octanol–water partition coefficient (Wildman–Crippen LogP) is 2.17. The van der Waals surface area contributed by atoms with Crippen LogP contribution in [0.4, 0.5) is 5.69 Å². The van der Waals surface area contributed by atoms with Crippen LogP contribution in [0.5, 0.6) is 5.75 Å². The Morgan fingerprint density at radius 3 is 2.81 bits per heavy atom. The summed E-state index contributed by atoms with van der Waals surface area (Å²) in [4.78, 5) is 16.0. The highest BCUT2D eigenvalue weighted by molar-refractivity contribution is 5.98. The summed E-state index contributed by atoms with van der Waals surface area (Å²) in [5.74, 6) is 0.621. The second kappa shape index (κ2) is 7.28. The van der Waals surface area contributed by atoms with Gasteiger partial charge in [0, 0.05) is 24.1 Å². The van der Waals surface area contributed by atoms with Crippen molar-refractivity contribution >= 4 is 11.6 Å². The fourth-order valence-electron chi connectivity index (χ4n) is 1.85. The molecule has 1 amide bonds. The molecule has 21 heavy (non-hydrogen) atoms. The number of carbonyl (C=O) groups is 1. The van der Waals surface area contributed by atoms with Crippen molar-refractivity contribution in [3.8, 4) is 5.75 Å². The molecule has 0 bridgehead atoms. The topological polar surface area (TPSA) is 77.2 Å². The lowest BCUT2D eigenvalue weighted by molar-refractivity contribution is 0.0952. The van der Waals surface area contributed by atoms with Crippen LogP contribution in [0.25, 0.3) is 0 Å². The van der Waals surface area contributed by atoms with Crippen molar-refractivity contribution < 1.29 is 9.53 Å². The minimum atomic E-state index is -0.209. The van der Waals surface area contributed by atoms with E-state index in [4.69, 9.17) is 10.5 Å². The zero-order valence-corrected chi connectivity index (χ0v) is 12.0. The predicted molar refractivity (Wildman–Crippen MR) is 82.3 cm³/mol. The van der Waals surface area contributed by atoms with E-state index in [1.807, 2.05) is 37.3 Å². The fourth-order valence-corrected chi connectivity index (χ4v) is 1.85. The van der Waals surface area contributed by atoms with Gasteiger partial charge in [0.1, 0.15) is 5.75 Å². The average molecular weight is 285 g/mol. The summed E-state index contributed by atoms with van der Waals surface area (Å²) in [7, 11) is 0. The largest absolute Gasteiger partial charge is 0.494 e. The molecule has 1 aromatic carbocycles. The van der Waals surface area contributed by atoms with Crippen molar-refractivity contribution in [3.63, 3.8) is 0 Å². The molecule has 0 spiro atoms. The summed E-state index contributed by atoms with van der Waals surface area (Å²) in [6.07, 6.45) is 2.22. The SMILES string of the molecule is Cc1cc(N)c(C(=O)NCCCOc2ccccc2)cn1. The zero-order chi connectivity index (χ0) is 15.1. The Morgan fingerprint density at radius 1 is 1.33 bits per heavy atom. The first-order valence-corrected chi connectivity index (χ1v) is 6.85. The maximum absolute atomic E-state index is 11.9. The third-order valence-corrected chi connectivity index (χ3v) is 2.94. The van der Waals surface area contributed by atoms with Gasteiger partial charge in [-0.1, -0.05) is 18.2 Å². The van der Waals surface area contributed by atoms with Crippen molar-refractivity contribution in [2.45, 2.75) is 13.3 Å². The molecule has 0 radical (unpaired) electrons. The number of aromatic nitrogens is 1. The number of anilines is 1. The molecule has 0 saturated heterocycles. The van der Waals surface area contributed by atoms with Gasteiger partial charge in [-0.05, 0) is 31.5 Å². The maximum Gasteiger partial charge on any atom is 0.254 e. The summed E-state index contributed by atoms with van der Waals surface area (Å²) in [5.41, 5.74) is 7.45. The summed E-state index contributed by atoms with van der Waals surface area (Å²) >= 11 is 0. The van der Waals surface area contributed by atoms with Gasteiger partial charge in [0.15, 0.2) is 0 Å². The third-order valence-electron chi connectivity index (χ3n) is 2.94. The van der Waals surface area contributed by atoms with E-state index in [2.05, 4.69) is 10.3 Å². The third kappa shape index (κ3) is 4.49. The zero-order valence-electron chi connectivity index (χ0n) is 12.0. The molecule has 5 nitrogen and oxygen atoms in total. The van der Waals surface area contributed by atoms with E-state index in [0.717, 1.165) is 17.9 Å². The fraction of sp³-hybridized carbons (Fsp3) is 0.250. The van der Waals surface area contributed by atoms with Crippen molar-refractivity contribution in [1.82, 2.24) is 10.3 Å². The van der Waals surface area contributed by atoms with E-state index in [-0.39, 0.29) is 5.91 Å². The number of carbonyl (C=O) groups excluding carboxylic acids is 1. The molecule has 0 atom stereocenters. The molecule has 0 unspecified atom stereocenters. The van der Waals surface area contributed by atoms with Gasteiger partial charge in [0.2, 0.25) is 0 Å². The van der Waals surface area contributed by atoms with Crippen LogP contribution < -0.4 is 15.8 Å². The molecule has 3 N–H and O–H groups in total. The van der Waals surface area contributed by atoms with Crippen LogP contribution in [0.15, 0.2) is 42.6 Å². The lowest BCUT2D eigenvalue weighted by Crippen LogP contribution is -2.26. The highest BCUT2D eigenvalue weighted by atomic mass is 16.5. The van der Waals surface area contributed by atoms with Gasteiger partial charge in [-0.3, -0.25) is 9.78 Å². The van der Waals surface area contributed by atoms with Crippen molar-refractivity contribution in [2.24, 2.45) is 0 Å². The van der Waals surface area contributed by atoms with Gasteiger partial charge in [0.25, 0.3) is 5.91 Å². The lowest BCUT2D eigenvalue weighted by Gasteiger charge is -2.08. The summed E-state index contributed by atoms with van der Waals surface area (Å²) < 4.78 is 5.54. The van der Waals surface area contributed by atoms with Gasteiger partial charge < -0.3 is 15.8 Å². The number of hydrogen-bond donors (Lipinski definition) is 2. The van der Waals surface area contributed by atoms with Crippen LogP contribution in [0.3, 0.4) is 0 Å². The van der Waals surface area contributed by atoms with Gasteiger partial charge in [-0.2, -0.15) is 0 Å². The number of amides is 1. The highest BCUT2D eigenvalue weighted by Crippen LogP contribution is 2.11. The van der Waals surface area contributed by atoms with Crippen molar-refractivity contribution in [3.05, 3.63) is 53.9 Å². The molecule has 1 aromatic heterocycles. The Kier molecular flexibility index (Phi) is 5.15. The number of nitrogens with zero attached hydrogens (tertiary/aromatic N) is 1. The number of benzene rings is 1. The Morgan fingerprint density at radius 2 is 2.10 bits per heavy atom. The number of nitrogen functional groups attached to an aromatic ring is 1. The molecule has 0 aliphatic carbocycles. The minimum Gasteiger partial charge on any atom is -0.494 e. The number of nitrogens with two attached hydrogens (primary N) is 1. The Hall–Kier alpha value is -2.56. The van der Waals surface area contributed by atoms with Crippen LogP contribution in [0.1, 0.15) is 22.5 Å². The van der Waals surface area contributed by atoms with E-state index >= 15 is 0 Å². The number of rotatable bonds is 6. The minimum absolute atomic E-state index is 0.209. The van der Waals surface area contributed by atoms with E-state index in [1.54, 1.807) is 6.07 Å². The van der Waals surface area contributed by atoms with Crippen molar-refractivity contribution in [1.29, 1.82) is 0 Å². The summed E-state index contributed by atoms with van der Waals surface area (Å²) in [6.45, 7) is 2.91. The van der Waals surface area contributed by atoms with Gasteiger partial charge in [-0.15, -0.1) is 0 Å². The first-order valence-electron chi connectivity index (χ1n) is 6.85. The molecule has 5 heteroatoms. The molecular formula is C16H19N3O2. The normalized spacial score (nSPS) is 10.1. The second-order valence-corrected chi connectivity index (χ2v) is 4.68. The standard InChI is InChI=1S/C16H19N3O2/c1-12-10-15(17)14(11-19-12)16(20)18-8-5-9-21-13-6-3-2-4-7-13/h2-4,6-7,10-11H,5,8-9H2,1H3,(H2,17,19)(H,18,20). The van der Waals surface area contributed by atoms with E-state index in [0.29, 0.717) is 24.4 Å². The first kappa shape index (κ1) is 14.8. The molecule has 2 rings (SSSR count).